The molecule has 1 aliphatic heterocycles. The summed E-state index contributed by atoms with van der Waals surface area (Å²) < 4.78 is 2.01. The molecule has 2 aromatic rings. The van der Waals surface area contributed by atoms with Crippen LogP contribution >= 0.6 is 11.6 Å². The smallest absolute Gasteiger partial charge is 0.0996 e. The second-order valence-electron chi connectivity index (χ2n) is 5.69. The molecule has 2 heterocycles. The van der Waals surface area contributed by atoms with Crippen LogP contribution < -0.4 is 10.6 Å². The minimum absolute atomic E-state index is 0.178. The van der Waals surface area contributed by atoms with E-state index < -0.39 is 0 Å². The van der Waals surface area contributed by atoms with Gasteiger partial charge in [0.1, 0.15) is 0 Å². The molecule has 0 saturated carbocycles. The maximum Gasteiger partial charge on any atom is 0.0996 e. The molecule has 2 N–H and O–H groups in total. The average Bonchev–Trinajstić information content (AvgIpc) is 3.17. The first-order valence-corrected chi connectivity index (χ1v) is 8.05. The molecule has 1 aliphatic rings. The normalized spacial score (nSPS) is 18.7. The number of nitrogens with one attached hydrogen (secondary N) is 2. The molecule has 0 spiro atoms. The van der Waals surface area contributed by atoms with Crippen LogP contribution in [0.25, 0.3) is 5.69 Å². The predicted molar refractivity (Wildman–Crippen MR) is 90.0 cm³/mol. The fraction of sp³-hybridized carbons (Fsp3) is 0.353. The van der Waals surface area contributed by atoms with Gasteiger partial charge in [0.25, 0.3) is 0 Å². The number of imidazole rings is 1. The summed E-state index contributed by atoms with van der Waals surface area (Å²) >= 11 is 5.93. The number of benzene rings is 1. The minimum atomic E-state index is 0.178. The Hall–Kier alpha value is -1.94. The molecule has 0 saturated heterocycles. The number of nitrogens with zero attached hydrogens (tertiary/aromatic N) is 2. The summed E-state index contributed by atoms with van der Waals surface area (Å²) in [7, 11) is 0. The molecular formula is C17H21ClN4. The molecule has 22 heavy (non-hydrogen) atoms. The van der Waals surface area contributed by atoms with E-state index in [0.29, 0.717) is 6.04 Å². The molecular weight excluding hydrogens is 296 g/mol. The Morgan fingerprint density at radius 3 is 2.86 bits per heavy atom. The standard InChI is InChI=1S/C17H21ClN4/c1-3-14-8-15(9-19-14)21-12(2)17-10-22(11-20-17)16-6-4-13(18)5-7-16/h4-7,9-12,14,19,21H,3,8H2,1-2H3/t12?,14-/m1/s1. The third-order valence-corrected chi connectivity index (χ3v) is 4.28. The Morgan fingerprint density at radius 2 is 2.18 bits per heavy atom. The highest BCUT2D eigenvalue weighted by Crippen LogP contribution is 2.19. The largest absolute Gasteiger partial charge is 0.386 e. The van der Waals surface area contributed by atoms with Gasteiger partial charge < -0.3 is 15.2 Å². The molecule has 0 amide bonds. The lowest BCUT2D eigenvalue weighted by Crippen LogP contribution is -2.20. The van der Waals surface area contributed by atoms with E-state index in [1.807, 2.05) is 35.2 Å². The predicted octanol–water partition coefficient (Wildman–Crippen LogP) is 3.79. The summed E-state index contributed by atoms with van der Waals surface area (Å²) in [4.78, 5) is 4.52. The molecule has 116 valence electrons. The number of halogens is 1. The Morgan fingerprint density at radius 1 is 1.41 bits per heavy atom. The first-order valence-electron chi connectivity index (χ1n) is 7.67. The van der Waals surface area contributed by atoms with Crippen LogP contribution in [0.3, 0.4) is 0 Å². The molecule has 1 aromatic heterocycles. The van der Waals surface area contributed by atoms with Gasteiger partial charge in [-0.2, -0.15) is 0 Å². The average molecular weight is 317 g/mol. The lowest BCUT2D eigenvalue weighted by atomic mass is 10.1. The lowest BCUT2D eigenvalue weighted by Gasteiger charge is -2.14. The van der Waals surface area contributed by atoms with Gasteiger partial charge in [0, 0.05) is 41.3 Å². The first kappa shape index (κ1) is 15.0. The first-order chi connectivity index (χ1) is 10.7. The van der Waals surface area contributed by atoms with Gasteiger partial charge in [-0.25, -0.2) is 4.98 Å². The molecule has 0 radical (unpaired) electrons. The van der Waals surface area contributed by atoms with Crippen LogP contribution in [0, 0.1) is 0 Å². The summed E-state index contributed by atoms with van der Waals surface area (Å²) in [5, 5.41) is 7.66. The van der Waals surface area contributed by atoms with Gasteiger partial charge in [-0.1, -0.05) is 18.5 Å². The number of rotatable bonds is 5. The van der Waals surface area contributed by atoms with E-state index in [4.69, 9.17) is 11.6 Å². The van der Waals surface area contributed by atoms with E-state index in [-0.39, 0.29) is 6.04 Å². The van der Waals surface area contributed by atoms with Crippen molar-refractivity contribution < 1.29 is 0 Å². The van der Waals surface area contributed by atoms with E-state index >= 15 is 0 Å². The Labute approximate surface area is 136 Å². The molecule has 0 bridgehead atoms. The third kappa shape index (κ3) is 3.28. The topological polar surface area (TPSA) is 41.9 Å². The highest BCUT2D eigenvalue weighted by Gasteiger charge is 2.17. The van der Waals surface area contributed by atoms with Crippen molar-refractivity contribution in [2.24, 2.45) is 0 Å². The van der Waals surface area contributed by atoms with Gasteiger partial charge in [-0.3, -0.25) is 0 Å². The van der Waals surface area contributed by atoms with Crippen molar-refractivity contribution in [2.75, 3.05) is 0 Å². The number of aromatic nitrogens is 2. The minimum Gasteiger partial charge on any atom is -0.386 e. The second kappa shape index (κ2) is 6.44. The van der Waals surface area contributed by atoms with Crippen LogP contribution in [0.15, 0.2) is 48.7 Å². The molecule has 5 heteroatoms. The van der Waals surface area contributed by atoms with Crippen molar-refractivity contribution in [2.45, 2.75) is 38.8 Å². The summed E-state index contributed by atoms with van der Waals surface area (Å²) in [6.07, 6.45) is 8.18. The fourth-order valence-electron chi connectivity index (χ4n) is 2.63. The van der Waals surface area contributed by atoms with Crippen molar-refractivity contribution >= 4 is 11.6 Å². The Bertz CT molecular complexity index is 660. The highest BCUT2D eigenvalue weighted by atomic mass is 35.5. The van der Waals surface area contributed by atoms with Crippen LogP contribution in [0.5, 0.6) is 0 Å². The van der Waals surface area contributed by atoms with Crippen LogP contribution in [0.4, 0.5) is 0 Å². The van der Waals surface area contributed by atoms with Gasteiger partial charge in [-0.05, 0) is 37.6 Å². The van der Waals surface area contributed by atoms with Crippen LogP contribution in [0.1, 0.15) is 38.4 Å². The van der Waals surface area contributed by atoms with Crippen LogP contribution in [-0.2, 0) is 0 Å². The summed E-state index contributed by atoms with van der Waals surface area (Å²) in [5.74, 6) is 0. The molecule has 0 fully saturated rings. The molecule has 1 aromatic carbocycles. The monoisotopic (exact) mass is 316 g/mol. The number of hydrogen-bond donors (Lipinski definition) is 2. The maximum atomic E-state index is 5.93. The zero-order chi connectivity index (χ0) is 15.5. The summed E-state index contributed by atoms with van der Waals surface area (Å²) in [6, 6.07) is 8.48. The fourth-order valence-corrected chi connectivity index (χ4v) is 2.76. The lowest BCUT2D eigenvalue weighted by molar-refractivity contribution is 0.567. The van der Waals surface area contributed by atoms with E-state index in [2.05, 4.69) is 41.9 Å². The van der Waals surface area contributed by atoms with Crippen molar-refractivity contribution in [1.29, 1.82) is 0 Å². The van der Waals surface area contributed by atoms with Crippen molar-refractivity contribution in [3.05, 3.63) is 59.4 Å². The zero-order valence-corrected chi connectivity index (χ0v) is 13.6. The Balaban J connectivity index is 1.67. The Kier molecular flexibility index (Phi) is 4.39. The number of hydrogen-bond acceptors (Lipinski definition) is 3. The van der Waals surface area contributed by atoms with Gasteiger partial charge in [0.15, 0.2) is 0 Å². The van der Waals surface area contributed by atoms with E-state index in [9.17, 15) is 0 Å². The van der Waals surface area contributed by atoms with Gasteiger partial charge in [-0.15, -0.1) is 0 Å². The molecule has 1 unspecified atom stereocenters. The third-order valence-electron chi connectivity index (χ3n) is 4.03. The van der Waals surface area contributed by atoms with E-state index in [1.54, 1.807) is 0 Å². The second-order valence-corrected chi connectivity index (χ2v) is 6.13. The van der Waals surface area contributed by atoms with Crippen molar-refractivity contribution in [3.63, 3.8) is 0 Å². The van der Waals surface area contributed by atoms with E-state index in [1.165, 1.54) is 5.70 Å². The zero-order valence-electron chi connectivity index (χ0n) is 12.9. The van der Waals surface area contributed by atoms with E-state index in [0.717, 1.165) is 29.2 Å². The molecule has 3 rings (SSSR count). The van der Waals surface area contributed by atoms with Gasteiger partial charge in [0.05, 0.1) is 18.1 Å². The van der Waals surface area contributed by atoms with Crippen LogP contribution in [-0.4, -0.2) is 15.6 Å². The highest BCUT2D eigenvalue weighted by molar-refractivity contribution is 6.30. The maximum absolute atomic E-state index is 5.93. The summed E-state index contributed by atoms with van der Waals surface area (Å²) in [5.41, 5.74) is 3.33. The summed E-state index contributed by atoms with van der Waals surface area (Å²) in [6.45, 7) is 4.33. The quantitative estimate of drug-likeness (QED) is 0.882. The van der Waals surface area contributed by atoms with Crippen molar-refractivity contribution in [1.82, 2.24) is 20.2 Å². The molecule has 0 aliphatic carbocycles. The van der Waals surface area contributed by atoms with Gasteiger partial charge in [0.2, 0.25) is 0 Å². The molecule has 4 nitrogen and oxygen atoms in total. The molecule has 2 atom stereocenters. The SMILES string of the molecule is CC[C@@H]1CC(NC(C)c2cn(-c3ccc(Cl)cc3)cn2)=CN1. The van der Waals surface area contributed by atoms with Crippen LogP contribution in [0.2, 0.25) is 5.02 Å². The van der Waals surface area contributed by atoms with Gasteiger partial charge >= 0.3 is 0 Å². The van der Waals surface area contributed by atoms with Crippen molar-refractivity contribution in [3.8, 4) is 5.69 Å².